The third-order valence-electron chi connectivity index (χ3n) is 3.03. The Kier molecular flexibility index (Phi) is 2.61. The highest BCUT2D eigenvalue weighted by Gasteiger charge is 2.29. The van der Waals surface area contributed by atoms with Gasteiger partial charge in [0.1, 0.15) is 0 Å². The Morgan fingerprint density at radius 1 is 1.24 bits per heavy atom. The highest BCUT2D eigenvalue weighted by Crippen LogP contribution is 2.29. The van der Waals surface area contributed by atoms with Gasteiger partial charge in [-0.1, -0.05) is 23.7 Å². The second-order valence-corrected chi connectivity index (χ2v) is 4.64. The minimum Gasteiger partial charge on any atom is -0.396 e. The summed E-state index contributed by atoms with van der Waals surface area (Å²) in [7, 11) is 0. The zero-order valence-corrected chi connectivity index (χ0v) is 9.93. The molecule has 0 radical (unpaired) electrons. The van der Waals surface area contributed by atoms with Gasteiger partial charge in [0, 0.05) is 25.6 Å². The molecule has 1 aliphatic heterocycles. The van der Waals surface area contributed by atoms with Gasteiger partial charge in [-0.25, -0.2) is 9.97 Å². The lowest BCUT2D eigenvalue weighted by molar-refractivity contribution is 0.200. The fourth-order valence-corrected chi connectivity index (χ4v) is 2.28. The number of anilines is 1. The molecule has 1 aromatic heterocycles. The summed E-state index contributed by atoms with van der Waals surface area (Å²) in [4.78, 5) is 10.9. The van der Waals surface area contributed by atoms with E-state index in [1.165, 1.54) is 0 Å². The molecule has 0 aliphatic carbocycles. The Morgan fingerprint density at radius 3 is 2.53 bits per heavy atom. The highest BCUT2D eigenvalue weighted by molar-refractivity contribution is 6.32. The van der Waals surface area contributed by atoms with Crippen molar-refractivity contribution in [2.75, 3.05) is 24.6 Å². The van der Waals surface area contributed by atoms with Gasteiger partial charge in [0.05, 0.1) is 11.0 Å². The Morgan fingerprint density at radius 2 is 1.88 bits per heavy atom. The lowest BCUT2D eigenvalue weighted by Crippen LogP contribution is -2.49. The first-order valence-corrected chi connectivity index (χ1v) is 5.94. The van der Waals surface area contributed by atoms with Crippen LogP contribution in [-0.2, 0) is 0 Å². The van der Waals surface area contributed by atoms with Crippen molar-refractivity contribution in [2.45, 2.75) is 0 Å². The highest BCUT2D eigenvalue weighted by atomic mass is 35.5. The summed E-state index contributed by atoms with van der Waals surface area (Å²) >= 11 is 6.12. The Balaban J connectivity index is 1.97. The molecule has 0 atom stereocenters. The number of hydrogen-bond donors (Lipinski definition) is 1. The zero-order chi connectivity index (χ0) is 11.8. The second-order valence-electron chi connectivity index (χ2n) is 4.28. The number of halogens is 1. The van der Waals surface area contributed by atoms with Crippen molar-refractivity contribution in [3.8, 4) is 0 Å². The smallest absolute Gasteiger partial charge is 0.172 e. The first kappa shape index (κ1) is 10.7. The van der Waals surface area contributed by atoms with Crippen LogP contribution in [0.25, 0.3) is 11.0 Å². The van der Waals surface area contributed by atoms with Crippen LogP contribution in [0, 0.1) is 5.92 Å². The maximum Gasteiger partial charge on any atom is 0.172 e. The number of aliphatic hydroxyl groups is 1. The van der Waals surface area contributed by atoms with Gasteiger partial charge in [-0.05, 0) is 12.1 Å². The van der Waals surface area contributed by atoms with Gasteiger partial charge in [0.15, 0.2) is 11.0 Å². The molecule has 5 heteroatoms. The molecule has 3 rings (SSSR count). The van der Waals surface area contributed by atoms with Crippen molar-refractivity contribution in [1.82, 2.24) is 9.97 Å². The van der Waals surface area contributed by atoms with Crippen LogP contribution in [0.3, 0.4) is 0 Å². The molecule has 2 aromatic rings. The van der Waals surface area contributed by atoms with E-state index in [1.54, 1.807) is 0 Å². The quantitative estimate of drug-likeness (QED) is 0.880. The number of fused-ring (bicyclic) bond motifs is 1. The first-order valence-electron chi connectivity index (χ1n) is 5.56. The Hall–Kier alpha value is -1.39. The average molecular weight is 250 g/mol. The molecule has 1 aliphatic rings. The van der Waals surface area contributed by atoms with Crippen molar-refractivity contribution in [1.29, 1.82) is 0 Å². The largest absolute Gasteiger partial charge is 0.396 e. The number of para-hydroxylation sites is 2. The average Bonchev–Trinajstić information content (AvgIpc) is 2.28. The molecule has 0 amide bonds. The number of rotatable bonds is 2. The first-order chi connectivity index (χ1) is 8.28. The zero-order valence-electron chi connectivity index (χ0n) is 9.17. The second kappa shape index (κ2) is 4.13. The van der Waals surface area contributed by atoms with Crippen molar-refractivity contribution in [2.24, 2.45) is 5.92 Å². The van der Waals surface area contributed by atoms with Crippen LogP contribution in [0.4, 0.5) is 5.82 Å². The predicted octanol–water partition coefficient (Wildman–Crippen LogP) is 1.71. The molecule has 1 fully saturated rings. The maximum absolute atomic E-state index is 9.00. The minimum absolute atomic E-state index is 0.217. The number of nitrogens with zero attached hydrogens (tertiary/aromatic N) is 3. The topological polar surface area (TPSA) is 49.2 Å². The molecule has 0 spiro atoms. The standard InChI is InChI=1S/C12H12ClN3O/c13-11-12(16-5-8(6-16)7-17)15-10-4-2-1-3-9(10)14-11/h1-4,8,17H,5-7H2. The van der Waals surface area contributed by atoms with E-state index in [0.29, 0.717) is 11.1 Å². The van der Waals surface area contributed by atoms with E-state index in [4.69, 9.17) is 16.7 Å². The van der Waals surface area contributed by atoms with E-state index in [-0.39, 0.29) is 6.61 Å². The van der Waals surface area contributed by atoms with Gasteiger partial charge < -0.3 is 10.0 Å². The van der Waals surface area contributed by atoms with Crippen LogP contribution in [0.5, 0.6) is 0 Å². The molecule has 1 saturated heterocycles. The normalized spacial score (nSPS) is 16.2. The molecular formula is C12H12ClN3O. The van der Waals surface area contributed by atoms with Crippen molar-refractivity contribution in [3.05, 3.63) is 29.4 Å². The molecule has 1 aromatic carbocycles. The van der Waals surface area contributed by atoms with Gasteiger partial charge >= 0.3 is 0 Å². The molecule has 4 nitrogen and oxygen atoms in total. The van der Waals surface area contributed by atoms with Gasteiger partial charge in [-0.2, -0.15) is 0 Å². The summed E-state index contributed by atoms with van der Waals surface area (Å²) < 4.78 is 0. The van der Waals surface area contributed by atoms with Crippen LogP contribution in [-0.4, -0.2) is 34.8 Å². The number of aliphatic hydroxyl groups excluding tert-OH is 1. The molecule has 0 bridgehead atoms. The summed E-state index contributed by atoms with van der Waals surface area (Å²) in [5.74, 6) is 1.05. The summed E-state index contributed by atoms with van der Waals surface area (Å²) in [5, 5.41) is 9.43. The van der Waals surface area contributed by atoms with E-state index in [2.05, 4.69) is 9.97 Å². The van der Waals surface area contributed by atoms with Crippen LogP contribution >= 0.6 is 11.6 Å². The number of benzene rings is 1. The number of hydrogen-bond acceptors (Lipinski definition) is 4. The van der Waals surface area contributed by atoms with Crippen LogP contribution < -0.4 is 4.90 Å². The van der Waals surface area contributed by atoms with Crippen molar-refractivity contribution in [3.63, 3.8) is 0 Å². The van der Waals surface area contributed by atoms with E-state index < -0.39 is 0 Å². The van der Waals surface area contributed by atoms with Gasteiger partial charge in [-0.3, -0.25) is 0 Å². The summed E-state index contributed by atoms with van der Waals surface area (Å²) in [6.45, 7) is 1.81. The van der Waals surface area contributed by atoms with Crippen molar-refractivity contribution >= 4 is 28.5 Å². The summed E-state index contributed by atoms with van der Waals surface area (Å²) in [6, 6.07) is 7.66. The monoisotopic (exact) mass is 249 g/mol. The lowest BCUT2D eigenvalue weighted by atomic mass is 10.0. The van der Waals surface area contributed by atoms with Gasteiger partial charge in [0.25, 0.3) is 0 Å². The minimum atomic E-state index is 0.217. The Labute approximate surface area is 104 Å². The molecule has 1 N–H and O–H groups in total. The number of aromatic nitrogens is 2. The maximum atomic E-state index is 9.00. The fraction of sp³-hybridized carbons (Fsp3) is 0.333. The van der Waals surface area contributed by atoms with E-state index in [1.807, 2.05) is 29.2 Å². The molecule has 88 valence electrons. The molecule has 17 heavy (non-hydrogen) atoms. The lowest BCUT2D eigenvalue weighted by Gasteiger charge is -2.39. The third kappa shape index (κ3) is 1.83. The fourth-order valence-electron chi connectivity index (χ4n) is 2.03. The van der Waals surface area contributed by atoms with Gasteiger partial charge in [0.2, 0.25) is 0 Å². The van der Waals surface area contributed by atoms with Crippen LogP contribution in [0.1, 0.15) is 0 Å². The van der Waals surface area contributed by atoms with Crippen molar-refractivity contribution < 1.29 is 5.11 Å². The summed E-state index contributed by atoms with van der Waals surface area (Å²) in [6.07, 6.45) is 0. The van der Waals surface area contributed by atoms with E-state index in [9.17, 15) is 0 Å². The molecule has 2 heterocycles. The Bertz CT molecular complexity index is 554. The SMILES string of the molecule is OCC1CN(c2nc3ccccc3nc2Cl)C1. The van der Waals surface area contributed by atoms with Gasteiger partial charge in [-0.15, -0.1) is 0 Å². The van der Waals surface area contributed by atoms with E-state index >= 15 is 0 Å². The van der Waals surface area contributed by atoms with E-state index in [0.717, 1.165) is 29.9 Å². The molecular weight excluding hydrogens is 238 g/mol. The predicted molar refractivity (Wildman–Crippen MR) is 67.3 cm³/mol. The summed E-state index contributed by atoms with van der Waals surface area (Å²) in [5.41, 5.74) is 1.65. The van der Waals surface area contributed by atoms with Crippen LogP contribution in [0.2, 0.25) is 5.15 Å². The van der Waals surface area contributed by atoms with Crippen LogP contribution in [0.15, 0.2) is 24.3 Å². The molecule has 0 unspecified atom stereocenters. The molecule has 0 saturated carbocycles. The third-order valence-corrected chi connectivity index (χ3v) is 3.28.